The Bertz CT molecular complexity index is 733. The van der Waals surface area contributed by atoms with E-state index in [1.807, 2.05) is 27.0 Å². The molecule has 0 amide bonds. The Kier molecular flexibility index (Phi) is 4.85. The fourth-order valence-electron chi connectivity index (χ4n) is 2.43. The number of ketones is 1. The summed E-state index contributed by atoms with van der Waals surface area (Å²) in [5.41, 5.74) is 4.66. The van der Waals surface area contributed by atoms with E-state index in [0.717, 1.165) is 18.5 Å². The van der Waals surface area contributed by atoms with Crippen LogP contribution in [0, 0.1) is 5.41 Å². The van der Waals surface area contributed by atoms with Crippen LogP contribution in [0.4, 0.5) is 0 Å². The van der Waals surface area contributed by atoms with Crippen molar-refractivity contribution in [2.24, 2.45) is 5.41 Å². The maximum absolute atomic E-state index is 12.1. The number of carbonyl (C=O) groups excluding carboxylic acids is 1. The first-order valence-electron chi connectivity index (χ1n) is 7.57. The van der Waals surface area contributed by atoms with Crippen LogP contribution >= 0.6 is 34.9 Å². The van der Waals surface area contributed by atoms with E-state index in [-0.39, 0.29) is 11.2 Å². The van der Waals surface area contributed by atoms with E-state index >= 15 is 0 Å². The van der Waals surface area contributed by atoms with Crippen molar-refractivity contribution in [3.63, 3.8) is 0 Å². The monoisotopic (exact) mass is 364 g/mol. The zero-order valence-corrected chi connectivity index (χ0v) is 16.3. The van der Waals surface area contributed by atoms with Crippen LogP contribution < -0.4 is 0 Å². The van der Waals surface area contributed by atoms with Crippen molar-refractivity contribution in [3.8, 4) is 11.3 Å². The van der Waals surface area contributed by atoms with Gasteiger partial charge in [0.25, 0.3) is 0 Å². The highest BCUT2D eigenvalue weighted by Gasteiger charge is 2.24. The van der Waals surface area contributed by atoms with E-state index in [0.29, 0.717) is 10.9 Å². The third kappa shape index (κ3) is 3.49. The van der Waals surface area contributed by atoms with Gasteiger partial charge >= 0.3 is 0 Å². The number of hydrogen-bond acceptors (Lipinski definition) is 6. The summed E-state index contributed by atoms with van der Waals surface area (Å²) in [7, 11) is 0. The molecule has 0 saturated heterocycles. The average Bonchev–Trinajstić information content (AvgIpc) is 2.95. The molecule has 0 unspecified atom stereocenters. The Morgan fingerprint density at radius 2 is 2.04 bits per heavy atom. The minimum Gasteiger partial charge on any atom is -0.298 e. The molecule has 0 fully saturated rings. The molecule has 122 valence electrons. The van der Waals surface area contributed by atoms with Crippen molar-refractivity contribution in [1.29, 1.82) is 0 Å². The Labute approximate surface area is 149 Å². The van der Waals surface area contributed by atoms with Gasteiger partial charge in [0.1, 0.15) is 5.78 Å². The molecule has 2 aromatic heterocycles. The van der Waals surface area contributed by atoms with Gasteiger partial charge in [-0.2, -0.15) is 0 Å². The van der Waals surface area contributed by atoms with Gasteiger partial charge in [-0.25, -0.2) is 9.97 Å². The van der Waals surface area contributed by atoms with Gasteiger partial charge in [-0.3, -0.25) is 4.79 Å². The lowest BCUT2D eigenvalue weighted by Crippen LogP contribution is -2.22. The number of thioether (sulfide) groups is 2. The minimum absolute atomic E-state index is 0.227. The molecule has 0 spiro atoms. The molecule has 0 radical (unpaired) electrons. The summed E-state index contributed by atoms with van der Waals surface area (Å²) in [5, 5.41) is 2.95. The topological polar surface area (TPSA) is 42.9 Å². The lowest BCUT2D eigenvalue weighted by molar-refractivity contribution is -0.123. The number of rotatable bonds is 4. The van der Waals surface area contributed by atoms with Crippen molar-refractivity contribution in [2.75, 3.05) is 12.0 Å². The molecule has 23 heavy (non-hydrogen) atoms. The number of carbonyl (C=O) groups is 1. The third-order valence-electron chi connectivity index (χ3n) is 3.93. The van der Waals surface area contributed by atoms with E-state index in [9.17, 15) is 4.79 Å². The Morgan fingerprint density at radius 1 is 1.30 bits per heavy atom. The van der Waals surface area contributed by atoms with Gasteiger partial charge in [-0.1, -0.05) is 32.5 Å². The van der Waals surface area contributed by atoms with Crippen LogP contribution in [0.5, 0.6) is 0 Å². The van der Waals surface area contributed by atoms with Crippen LogP contribution in [0.3, 0.4) is 0 Å². The number of fused-ring (bicyclic) bond motifs is 3. The first-order valence-corrected chi connectivity index (χ1v) is 10.7. The van der Waals surface area contributed by atoms with Crippen LogP contribution in [-0.2, 0) is 17.6 Å². The number of thiophene rings is 1. The lowest BCUT2D eigenvalue weighted by atomic mass is 9.92. The van der Waals surface area contributed by atoms with Gasteiger partial charge in [-0.05, 0) is 35.6 Å². The Balaban J connectivity index is 1.87. The highest BCUT2D eigenvalue weighted by Crippen LogP contribution is 2.42. The van der Waals surface area contributed by atoms with Crippen LogP contribution in [0.1, 0.15) is 31.9 Å². The average molecular weight is 365 g/mol. The number of aromatic nitrogens is 2. The number of Topliss-reactive ketones (excluding diaryl/α,β-unsaturated/α-hetero) is 1. The molecular formula is C17H20N2OS3. The molecule has 1 aliphatic rings. The van der Waals surface area contributed by atoms with Gasteiger partial charge in [-0.15, -0.1) is 23.1 Å². The highest BCUT2D eigenvalue weighted by molar-refractivity contribution is 8.00. The summed E-state index contributed by atoms with van der Waals surface area (Å²) in [6.07, 6.45) is 6.12. The van der Waals surface area contributed by atoms with Crippen LogP contribution in [0.2, 0.25) is 0 Å². The summed E-state index contributed by atoms with van der Waals surface area (Å²) in [4.78, 5) is 21.3. The van der Waals surface area contributed by atoms with Gasteiger partial charge in [0.15, 0.2) is 5.16 Å². The molecule has 0 saturated carbocycles. The van der Waals surface area contributed by atoms with Crippen LogP contribution in [-0.4, -0.2) is 27.8 Å². The van der Waals surface area contributed by atoms with E-state index in [2.05, 4.69) is 16.6 Å². The Hall–Kier alpha value is -0.850. The fourth-order valence-corrected chi connectivity index (χ4v) is 5.20. The molecule has 0 aliphatic heterocycles. The van der Waals surface area contributed by atoms with Crippen molar-refractivity contribution in [3.05, 3.63) is 22.7 Å². The maximum atomic E-state index is 12.1. The molecule has 6 heteroatoms. The summed E-state index contributed by atoms with van der Waals surface area (Å²) in [6, 6.07) is 0. The summed E-state index contributed by atoms with van der Waals surface area (Å²) < 4.78 is 1.32. The first-order chi connectivity index (χ1) is 10.9. The molecule has 3 nitrogen and oxygen atoms in total. The molecule has 2 aromatic rings. The first kappa shape index (κ1) is 17.0. The summed E-state index contributed by atoms with van der Waals surface area (Å²) in [6.45, 7) is 5.85. The quantitative estimate of drug-likeness (QED) is 0.579. The fraction of sp³-hybridized carbons (Fsp3) is 0.471. The second kappa shape index (κ2) is 6.57. The maximum Gasteiger partial charge on any atom is 0.188 e. The van der Waals surface area contributed by atoms with Crippen molar-refractivity contribution in [1.82, 2.24) is 9.97 Å². The molecule has 3 rings (SSSR count). The van der Waals surface area contributed by atoms with Gasteiger partial charge in [0.2, 0.25) is 0 Å². The van der Waals surface area contributed by atoms with Gasteiger partial charge < -0.3 is 0 Å². The summed E-state index contributed by atoms with van der Waals surface area (Å²) >= 11 is 5.02. The molecule has 0 aromatic carbocycles. The highest BCUT2D eigenvalue weighted by atomic mass is 32.2. The SMILES string of the molecule is CSc1scc2c1-c1nc(SCC(=O)C(C)(C)C)ncc1CC2. The minimum atomic E-state index is -0.312. The van der Waals surface area contributed by atoms with Crippen molar-refractivity contribution in [2.45, 2.75) is 43.0 Å². The van der Waals surface area contributed by atoms with Crippen LogP contribution in [0.25, 0.3) is 11.3 Å². The normalized spacial score (nSPS) is 13.6. The van der Waals surface area contributed by atoms with Crippen molar-refractivity contribution < 1.29 is 4.79 Å². The predicted molar refractivity (Wildman–Crippen MR) is 99.7 cm³/mol. The number of aryl methyl sites for hydroxylation is 2. The lowest BCUT2D eigenvalue weighted by Gasteiger charge is -2.18. The Morgan fingerprint density at radius 3 is 2.74 bits per heavy atom. The summed E-state index contributed by atoms with van der Waals surface area (Å²) in [5.74, 6) is 0.651. The molecular weight excluding hydrogens is 344 g/mol. The number of nitrogens with zero attached hydrogens (tertiary/aromatic N) is 2. The van der Waals surface area contributed by atoms with E-state index in [1.165, 1.54) is 32.7 Å². The molecule has 0 bridgehead atoms. The molecule has 2 heterocycles. The van der Waals surface area contributed by atoms with Crippen molar-refractivity contribution >= 4 is 40.6 Å². The predicted octanol–water partition coefficient (Wildman–Crippen LogP) is 4.73. The molecule has 0 atom stereocenters. The molecule has 1 aliphatic carbocycles. The molecule has 0 N–H and O–H groups in total. The van der Waals surface area contributed by atoms with E-state index in [1.54, 1.807) is 23.1 Å². The second-order valence-corrected chi connectivity index (χ2v) is 9.51. The van der Waals surface area contributed by atoms with Crippen LogP contribution in [0.15, 0.2) is 20.9 Å². The van der Waals surface area contributed by atoms with E-state index < -0.39 is 0 Å². The van der Waals surface area contributed by atoms with Gasteiger partial charge in [0.05, 0.1) is 15.7 Å². The van der Waals surface area contributed by atoms with E-state index in [4.69, 9.17) is 4.98 Å². The standard InChI is InChI=1S/C17H20N2OS3/c1-17(2,3)12(20)9-23-16-18-7-10-5-6-11-8-22-15(21-4)13(11)14(10)19-16/h7-8H,5-6,9H2,1-4H3. The third-order valence-corrected chi connectivity index (χ3v) is 6.98. The largest absolute Gasteiger partial charge is 0.298 e. The zero-order chi connectivity index (χ0) is 16.6. The number of hydrogen-bond donors (Lipinski definition) is 0. The smallest absolute Gasteiger partial charge is 0.188 e. The zero-order valence-electron chi connectivity index (χ0n) is 13.8. The van der Waals surface area contributed by atoms with Gasteiger partial charge in [0, 0.05) is 17.2 Å². The second-order valence-electron chi connectivity index (χ2n) is 6.62.